The Balaban J connectivity index is 3.13. The summed E-state index contributed by atoms with van der Waals surface area (Å²) in [6.45, 7) is 1.80. The molecule has 0 aromatic heterocycles. The van der Waals surface area contributed by atoms with Gasteiger partial charge in [-0.1, -0.05) is 12.1 Å². The van der Waals surface area contributed by atoms with Crippen molar-refractivity contribution in [1.29, 1.82) is 0 Å². The van der Waals surface area contributed by atoms with Crippen molar-refractivity contribution in [3.05, 3.63) is 29.3 Å². The van der Waals surface area contributed by atoms with E-state index in [-0.39, 0.29) is 6.61 Å². The molecule has 82 valence electrons. The highest BCUT2D eigenvalue weighted by atomic mass is 16.5. The molecule has 4 nitrogen and oxygen atoms in total. The Bertz CT molecular complexity index is 363. The van der Waals surface area contributed by atoms with E-state index >= 15 is 0 Å². The summed E-state index contributed by atoms with van der Waals surface area (Å²) in [4.78, 5) is 12.7. The molecule has 0 saturated heterocycles. The van der Waals surface area contributed by atoms with E-state index in [1.807, 2.05) is 19.1 Å². The number of carbonyl (C=O) groups is 1. The lowest BCUT2D eigenvalue weighted by molar-refractivity contribution is 0.180. The lowest BCUT2D eigenvalue weighted by Crippen LogP contribution is -2.27. The van der Waals surface area contributed by atoms with Gasteiger partial charge in [0.15, 0.2) is 0 Å². The third kappa shape index (κ3) is 2.27. The smallest absolute Gasteiger partial charge is 0.413 e. The predicted molar refractivity (Wildman–Crippen MR) is 57.9 cm³/mol. The molecule has 0 unspecified atom stereocenters. The molecular weight excluding hydrogens is 194 g/mol. The van der Waals surface area contributed by atoms with Crippen molar-refractivity contribution >= 4 is 11.8 Å². The molecule has 0 aliphatic rings. The summed E-state index contributed by atoms with van der Waals surface area (Å²) in [7, 11) is 2.94. The summed E-state index contributed by atoms with van der Waals surface area (Å²) in [5.41, 5.74) is 2.36. The number of aryl methyl sites for hydroxylation is 1. The molecule has 1 aromatic rings. The SMILES string of the molecule is COC(=O)N(C)c1cccc(C)c1CO. The monoisotopic (exact) mass is 209 g/mol. The van der Waals surface area contributed by atoms with Crippen LogP contribution in [-0.4, -0.2) is 25.4 Å². The van der Waals surface area contributed by atoms with Crippen LogP contribution in [0, 0.1) is 6.92 Å². The Morgan fingerprint density at radius 1 is 1.53 bits per heavy atom. The van der Waals surface area contributed by atoms with Crippen LogP contribution in [0.3, 0.4) is 0 Å². The largest absolute Gasteiger partial charge is 0.452 e. The molecule has 0 atom stereocenters. The van der Waals surface area contributed by atoms with Crippen molar-refractivity contribution < 1.29 is 14.6 Å². The topological polar surface area (TPSA) is 49.8 Å². The Morgan fingerprint density at radius 2 is 2.20 bits per heavy atom. The summed E-state index contributed by atoms with van der Waals surface area (Å²) in [5.74, 6) is 0. The average molecular weight is 209 g/mol. The number of nitrogens with zero attached hydrogens (tertiary/aromatic N) is 1. The van der Waals surface area contributed by atoms with E-state index in [0.717, 1.165) is 11.1 Å². The van der Waals surface area contributed by atoms with E-state index in [4.69, 9.17) is 0 Å². The second-order valence-corrected chi connectivity index (χ2v) is 3.26. The van der Waals surface area contributed by atoms with Crippen molar-refractivity contribution in [2.24, 2.45) is 0 Å². The molecule has 15 heavy (non-hydrogen) atoms. The van der Waals surface area contributed by atoms with Crippen molar-refractivity contribution in [1.82, 2.24) is 0 Å². The first-order chi connectivity index (χ1) is 7.11. The Hall–Kier alpha value is -1.55. The van der Waals surface area contributed by atoms with Crippen LogP contribution in [0.15, 0.2) is 18.2 Å². The van der Waals surface area contributed by atoms with Crippen LogP contribution in [0.4, 0.5) is 10.5 Å². The summed E-state index contributed by atoms with van der Waals surface area (Å²) in [6, 6.07) is 5.50. The molecule has 0 saturated carbocycles. The van der Waals surface area contributed by atoms with E-state index in [1.54, 1.807) is 13.1 Å². The van der Waals surface area contributed by atoms with Crippen LogP contribution in [0.25, 0.3) is 0 Å². The van der Waals surface area contributed by atoms with E-state index in [1.165, 1.54) is 12.0 Å². The van der Waals surface area contributed by atoms with Crippen LogP contribution < -0.4 is 4.90 Å². The Morgan fingerprint density at radius 3 is 2.73 bits per heavy atom. The van der Waals surface area contributed by atoms with Gasteiger partial charge in [-0.15, -0.1) is 0 Å². The average Bonchev–Trinajstić information content (AvgIpc) is 2.26. The maximum Gasteiger partial charge on any atom is 0.413 e. The van der Waals surface area contributed by atoms with Crippen LogP contribution in [0.5, 0.6) is 0 Å². The van der Waals surface area contributed by atoms with Gasteiger partial charge in [0.05, 0.1) is 19.4 Å². The number of carbonyl (C=O) groups excluding carboxylic acids is 1. The first-order valence-corrected chi connectivity index (χ1v) is 4.62. The number of benzene rings is 1. The van der Waals surface area contributed by atoms with Crippen LogP contribution in [-0.2, 0) is 11.3 Å². The molecule has 0 aliphatic heterocycles. The van der Waals surface area contributed by atoms with E-state index in [0.29, 0.717) is 5.69 Å². The van der Waals surface area contributed by atoms with Gasteiger partial charge in [-0.05, 0) is 18.6 Å². The highest BCUT2D eigenvalue weighted by Gasteiger charge is 2.14. The standard InChI is InChI=1S/C11H15NO3/c1-8-5-4-6-10(9(8)7-13)12(2)11(14)15-3/h4-6,13H,7H2,1-3H3. The lowest BCUT2D eigenvalue weighted by atomic mass is 10.1. The quantitative estimate of drug-likeness (QED) is 0.806. The highest BCUT2D eigenvalue weighted by Crippen LogP contribution is 2.23. The number of rotatable bonds is 2. The van der Waals surface area contributed by atoms with Gasteiger partial charge in [0.25, 0.3) is 0 Å². The van der Waals surface area contributed by atoms with E-state index in [2.05, 4.69) is 4.74 Å². The van der Waals surface area contributed by atoms with Gasteiger partial charge in [-0.2, -0.15) is 0 Å². The number of aliphatic hydroxyl groups excluding tert-OH is 1. The molecule has 0 radical (unpaired) electrons. The first-order valence-electron chi connectivity index (χ1n) is 4.62. The van der Waals surface area contributed by atoms with Crippen LogP contribution in [0.1, 0.15) is 11.1 Å². The Labute approximate surface area is 89.1 Å². The second-order valence-electron chi connectivity index (χ2n) is 3.26. The predicted octanol–water partition coefficient (Wildman–Crippen LogP) is 1.69. The molecule has 1 rings (SSSR count). The van der Waals surface area contributed by atoms with Gasteiger partial charge in [0.2, 0.25) is 0 Å². The van der Waals surface area contributed by atoms with Crippen molar-refractivity contribution in [3.8, 4) is 0 Å². The van der Waals surface area contributed by atoms with Crippen molar-refractivity contribution in [2.75, 3.05) is 19.1 Å². The van der Waals surface area contributed by atoms with Crippen LogP contribution in [0.2, 0.25) is 0 Å². The van der Waals surface area contributed by atoms with Gasteiger partial charge in [0, 0.05) is 12.6 Å². The molecule has 1 N–H and O–H groups in total. The molecule has 0 fully saturated rings. The molecule has 0 heterocycles. The number of hydrogen-bond acceptors (Lipinski definition) is 3. The van der Waals surface area contributed by atoms with E-state index in [9.17, 15) is 9.90 Å². The molecule has 0 spiro atoms. The third-order valence-electron chi connectivity index (χ3n) is 2.35. The van der Waals surface area contributed by atoms with Crippen LogP contribution >= 0.6 is 0 Å². The first kappa shape index (κ1) is 11.5. The maximum absolute atomic E-state index is 11.3. The zero-order valence-electron chi connectivity index (χ0n) is 9.15. The molecule has 4 heteroatoms. The van der Waals surface area contributed by atoms with Crippen molar-refractivity contribution in [2.45, 2.75) is 13.5 Å². The van der Waals surface area contributed by atoms with Crippen molar-refractivity contribution in [3.63, 3.8) is 0 Å². The van der Waals surface area contributed by atoms with Gasteiger partial charge in [-0.25, -0.2) is 4.79 Å². The molecule has 0 bridgehead atoms. The summed E-state index contributed by atoms with van der Waals surface area (Å²) in [5, 5.41) is 9.22. The summed E-state index contributed by atoms with van der Waals surface area (Å²) < 4.78 is 4.61. The fourth-order valence-corrected chi connectivity index (χ4v) is 1.44. The molecular formula is C11H15NO3. The zero-order chi connectivity index (χ0) is 11.4. The number of ether oxygens (including phenoxy) is 1. The van der Waals surface area contributed by atoms with Gasteiger partial charge in [0.1, 0.15) is 0 Å². The highest BCUT2D eigenvalue weighted by molar-refractivity contribution is 5.88. The molecule has 0 aliphatic carbocycles. The fraction of sp³-hybridized carbons (Fsp3) is 0.364. The zero-order valence-corrected chi connectivity index (χ0v) is 9.15. The van der Waals surface area contributed by atoms with Gasteiger partial charge in [-0.3, -0.25) is 4.90 Å². The lowest BCUT2D eigenvalue weighted by Gasteiger charge is -2.19. The summed E-state index contributed by atoms with van der Waals surface area (Å²) >= 11 is 0. The van der Waals surface area contributed by atoms with E-state index < -0.39 is 6.09 Å². The third-order valence-corrected chi connectivity index (χ3v) is 2.35. The minimum Gasteiger partial charge on any atom is -0.452 e. The number of aliphatic hydroxyl groups is 1. The minimum atomic E-state index is -0.449. The number of amides is 1. The number of anilines is 1. The maximum atomic E-state index is 11.3. The second kappa shape index (κ2) is 4.79. The minimum absolute atomic E-state index is 0.0939. The molecule has 1 amide bonds. The van der Waals surface area contributed by atoms with Gasteiger partial charge < -0.3 is 9.84 Å². The number of methoxy groups -OCH3 is 1. The van der Waals surface area contributed by atoms with Gasteiger partial charge >= 0.3 is 6.09 Å². The normalized spacial score (nSPS) is 9.87. The number of hydrogen-bond donors (Lipinski definition) is 1. The summed E-state index contributed by atoms with van der Waals surface area (Å²) in [6.07, 6.45) is -0.449. The Kier molecular flexibility index (Phi) is 3.68. The fourth-order valence-electron chi connectivity index (χ4n) is 1.44. The molecule has 1 aromatic carbocycles.